The van der Waals surface area contributed by atoms with Crippen molar-refractivity contribution >= 4 is 44.3 Å². The smallest absolute Gasteiger partial charge is 0.336 e. The van der Waals surface area contributed by atoms with E-state index in [1.54, 1.807) is 16.7 Å². The molecule has 0 unspecified atom stereocenters. The van der Waals surface area contributed by atoms with Crippen molar-refractivity contribution < 1.29 is 9.52 Å². The quantitative estimate of drug-likeness (QED) is 0.287. The molecule has 4 rings (SSSR count). The molecule has 1 N–H and O–H groups in total. The molecule has 0 bridgehead atoms. The second-order valence-corrected chi connectivity index (χ2v) is 8.26. The average Bonchev–Trinajstić information content (AvgIpc) is 3.14. The molecule has 0 saturated carbocycles. The predicted octanol–water partition coefficient (Wildman–Crippen LogP) is 4.36. The Morgan fingerprint density at radius 2 is 2.11 bits per heavy atom. The Morgan fingerprint density at radius 1 is 1.25 bits per heavy atom. The SMILES string of the molecule is CCCCn1c(SCc2cc(=O)oc3cc(O)ccc23)nc2ccsc2c1=O. The highest BCUT2D eigenvalue weighted by molar-refractivity contribution is 7.98. The lowest BCUT2D eigenvalue weighted by atomic mass is 10.1. The molecule has 4 aromatic rings. The maximum atomic E-state index is 12.9. The van der Waals surface area contributed by atoms with Crippen molar-refractivity contribution in [3.05, 3.63) is 62.0 Å². The van der Waals surface area contributed by atoms with Crippen molar-refractivity contribution in [2.45, 2.75) is 37.2 Å². The van der Waals surface area contributed by atoms with Gasteiger partial charge in [0.05, 0.1) is 5.52 Å². The van der Waals surface area contributed by atoms with Gasteiger partial charge >= 0.3 is 5.63 Å². The molecular formula is C20H18N2O4S2. The average molecular weight is 415 g/mol. The monoisotopic (exact) mass is 414 g/mol. The molecule has 0 amide bonds. The van der Waals surface area contributed by atoms with Crippen LogP contribution in [-0.4, -0.2) is 14.7 Å². The van der Waals surface area contributed by atoms with E-state index in [2.05, 4.69) is 11.9 Å². The summed E-state index contributed by atoms with van der Waals surface area (Å²) in [6.07, 6.45) is 1.87. The lowest BCUT2D eigenvalue weighted by Crippen LogP contribution is -2.22. The first-order chi connectivity index (χ1) is 13.6. The normalized spacial score (nSPS) is 11.5. The van der Waals surface area contributed by atoms with Crippen molar-refractivity contribution in [1.29, 1.82) is 0 Å². The van der Waals surface area contributed by atoms with Crippen LogP contribution in [0.3, 0.4) is 0 Å². The van der Waals surface area contributed by atoms with Crippen LogP contribution >= 0.6 is 23.1 Å². The van der Waals surface area contributed by atoms with Crippen molar-refractivity contribution in [2.24, 2.45) is 0 Å². The van der Waals surface area contributed by atoms with Crippen LogP contribution in [0.1, 0.15) is 25.3 Å². The molecule has 0 atom stereocenters. The first kappa shape index (κ1) is 18.8. The number of hydrogen-bond acceptors (Lipinski definition) is 7. The number of fused-ring (bicyclic) bond motifs is 2. The van der Waals surface area contributed by atoms with Gasteiger partial charge in [-0.25, -0.2) is 9.78 Å². The summed E-state index contributed by atoms with van der Waals surface area (Å²) in [5.41, 5.74) is 1.33. The molecular weight excluding hydrogens is 396 g/mol. The number of unbranched alkanes of at least 4 members (excludes halogenated alkanes) is 1. The van der Waals surface area contributed by atoms with Crippen LogP contribution in [0.25, 0.3) is 21.2 Å². The van der Waals surface area contributed by atoms with Gasteiger partial charge in [-0.15, -0.1) is 11.3 Å². The molecule has 3 aromatic heterocycles. The molecule has 0 saturated heterocycles. The Hall–Kier alpha value is -2.58. The maximum Gasteiger partial charge on any atom is 0.336 e. The van der Waals surface area contributed by atoms with Crippen LogP contribution in [-0.2, 0) is 12.3 Å². The molecule has 3 heterocycles. The number of rotatable bonds is 6. The fraction of sp³-hybridized carbons (Fsp3) is 0.250. The second kappa shape index (κ2) is 7.81. The standard InChI is InChI=1S/C20H18N2O4S2/c1-2-3-7-22-19(25)18-15(6-8-27-18)21-20(22)28-11-12-9-17(24)26-16-10-13(23)4-5-14(12)16/h4-6,8-10,23H,2-3,7,11H2,1H3. The summed E-state index contributed by atoms with van der Waals surface area (Å²) in [6.45, 7) is 2.70. The van der Waals surface area contributed by atoms with Crippen LogP contribution in [0.2, 0.25) is 0 Å². The second-order valence-electron chi connectivity index (χ2n) is 6.40. The minimum Gasteiger partial charge on any atom is -0.508 e. The van der Waals surface area contributed by atoms with E-state index in [4.69, 9.17) is 4.42 Å². The van der Waals surface area contributed by atoms with Crippen molar-refractivity contribution in [2.75, 3.05) is 0 Å². The van der Waals surface area contributed by atoms with Crippen LogP contribution in [0.15, 0.2) is 54.9 Å². The molecule has 28 heavy (non-hydrogen) atoms. The summed E-state index contributed by atoms with van der Waals surface area (Å²) in [5, 5.41) is 12.9. The first-order valence-electron chi connectivity index (χ1n) is 8.93. The number of benzene rings is 1. The van der Waals surface area contributed by atoms with Crippen molar-refractivity contribution in [3.63, 3.8) is 0 Å². The van der Waals surface area contributed by atoms with Crippen LogP contribution in [0.4, 0.5) is 0 Å². The largest absolute Gasteiger partial charge is 0.508 e. The lowest BCUT2D eigenvalue weighted by molar-refractivity contribution is 0.473. The van der Waals surface area contributed by atoms with Gasteiger partial charge in [-0.2, -0.15) is 0 Å². The fourth-order valence-corrected chi connectivity index (χ4v) is 4.82. The van der Waals surface area contributed by atoms with Crippen molar-refractivity contribution in [1.82, 2.24) is 9.55 Å². The molecule has 0 aliphatic carbocycles. The van der Waals surface area contributed by atoms with Gasteiger partial charge in [-0.05, 0) is 35.6 Å². The van der Waals surface area contributed by atoms with E-state index in [9.17, 15) is 14.7 Å². The van der Waals surface area contributed by atoms with Crippen LogP contribution < -0.4 is 11.2 Å². The number of thioether (sulfide) groups is 1. The Kier molecular flexibility index (Phi) is 5.23. The summed E-state index contributed by atoms with van der Waals surface area (Å²) >= 11 is 2.83. The predicted molar refractivity (Wildman–Crippen MR) is 112 cm³/mol. The zero-order valence-electron chi connectivity index (χ0n) is 15.2. The zero-order chi connectivity index (χ0) is 19.7. The van der Waals surface area contributed by atoms with E-state index in [0.29, 0.717) is 33.3 Å². The highest BCUT2D eigenvalue weighted by atomic mass is 32.2. The minimum atomic E-state index is -0.474. The number of phenols is 1. The molecule has 0 aliphatic rings. The van der Waals surface area contributed by atoms with E-state index in [1.807, 2.05) is 11.4 Å². The number of aromatic nitrogens is 2. The number of phenolic OH excluding ortho intramolecular Hbond substituents is 1. The molecule has 8 heteroatoms. The third-order valence-corrected chi connectivity index (χ3v) is 6.35. The number of thiophene rings is 1. The lowest BCUT2D eigenvalue weighted by Gasteiger charge is -2.12. The summed E-state index contributed by atoms with van der Waals surface area (Å²) in [4.78, 5) is 29.4. The van der Waals surface area contributed by atoms with Gasteiger partial charge in [0.15, 0.2) is 5.16 Å². The minimum absolute atomic E-state index is 0.0155. The maximum absolute atomic E-state index is 12.9. The summed E-state index contributed by atoms with van der Waals surface area (Å²) < 4.78 is 7.58. The van der Waals surface area contributed by atoms with Gasteiger partial charge in [0, 0.05) is 29.8 Å². The van der Waals surface area contributed by atoms with E-state index < -0.39 is 5.63 Å². The molecule has 0 spiro atoms. The zero-order valence-corrected chi connectivity index (χ0v) is 16.8. The molecule has 1 aromatic carbocycles. The molecule has 0 radical (unpaired) electrons. The summed E-state index contributed by atoms with van der Waals surface area (Å²) in [6, 6.07) is 8.01. The van der Waals surface area contributed by atoms with E-state index in [0.717, 1.165) is 23.8 Å². The van der Waals surface area contributed by atoms with Gasteiger partial charge in [-0.1, -0.05) is 25.1 Å². The number of aromatic hydroxyl groups is 1. The third-order valence-electron chi connectivity index (χ3n) is 4.44. The van der Waals surface area contributed by atoms with Crippen LogP contribution in [0, 0.1) is 0 Å². The molecule has 0 fully saturated rings. The molecule has 0 aliphatic heterocycles. The Bertz CT molecular complexity index is 1270. The number of hydrogen-bond donors (Lipinski definition) is 1. The van der Waals surface area contributed by atoms with Crippen LogP contribution in [0.5, 0.6) is 5.75 Å². The Morgan fingerprint density at radius 3 is 2.93 bits per heavy atom. The van der Waals surface area contributed by atoms with Gasteiger partial charge in [0.2, 0.25) is 0 Å². The van der Waals surface area contributed by atoms with E-state index in [1.165, 1.54) is 35.2 Å². The topological polar surface area (TPSA) is 85.3 Å². The summed E-state index contributed by atoms with van der Waals surface area (Å²) in [7, 11) is 0. The fourth-order valence-electron chi connectivity index (χ4n) is 3.03. The van der Waals surface area contributed by atoms with Gasteiger partial charge in [0.25, 0.3) is 5.56 Å². The third kappa shape index (κ3) is 3.57. The highest BCUT2D eigenvalue weighted by Crippen LogP contribution is 2.28. The molecule has 6 nitrogen and oxygen atoms in total. The van der Waals surface area contributed by atoms with E-state index in [-0.39, 0.29) is 11.3 Å². The van der Waals surface area contributed by atoms with Gasteiger partial charge in [-0.3, -0.25) is 9.36 Å². The number of nitrogens with zero attached hydrogens (tertiary/aromatic N) is 2. The van der Waals surface area contributed by atoms with Gasteiger partial charge in [0.1, 0.15) is 16.0 Å². The molecule has 144 valence electrons. The van der Waals surface area contributed by atoms with E-state index >= 15 is 0 Å². The summed E-state index contributed by atoms with van der Waals surface area (Å²) in [5.74, 6) is 0.500. The first-order valence-corrected chi connectivity index (χ1v) is 10.8. The Labute approximate surface area is 168 Å². The highest BCUT2D eigenvalue weighted by Gasteiger charge is 2.14. The van der Waals surface area contributed by atoms with Crippen molar-refractivity contribution in [3.8, 4) is 5.75 Å². The van der Waals surface area contributed by atoms with Gasteiger partial charge < -0.3 is 9.52 Å². The Balaban J connectivity index is 1.74.